The zero-order valence-electron chi connectivity index (χ0n) is 12.7. The molecule has 1 aromatic heterocycles. The number of nitrogens with zero attached hydrogens (tertiary/aromatic N) is 4. The van der Waals surface area contributed by atoms with Gasteiger partial charge in [0.05, 0.1) is 16.8 Å². The number of carbonyl (C=O) groups is 1. The summed E-state index contributed by atoms with van der Waals surface area (Å²) in [5.74, 6) is 0.148. The Kier molecular flexibility index (Phi) is 3.55. The Morgan fingerprint density at radius 3 is 2.71 bits per heavy atom. The van der Waals surface area contributed by atoms with Crippen LogP contribution < -0.4 is 4.90 Å². The van der Waals surface area contributed by atoms with Crippen LogP contribution >= 0.6 is 0 Å². The van der Waals surface area contributed by atoms with E-state index in [2.05, 4.69) is 22.1 Å². The van der Waals surface area contributed by atoms with Gasteiger partial charge in [-0.15, -0.1) is 5.10 Å². The van der Waals surface area contributed by atoms with E-state index >= 15 is 0 Å². The van der Waals surface area contributed by atoms with Gasteiger partial charge in [-0.3, -0.25) is 4.79 Å². The Morgan fingerprint density at radius 2 is 2.10 bits per heavy atom. The van der Waals surface area contributed by atoms with Crippen molar-refractivity contribution >= 4 is 11.9 Å². The van der Waals surface area contributed by atoms with E-state index in [0.717, 1.165) is 50.0 Å². The summed E-state index contributed by atoms with van der Waals surface area (Å²) in [6.07, 6.45) is 4.42. The summed E-state index contributed by atoms with van der Waals surface area (Å²) in [6, 6.07) is 0. The summed E-state index contributed by atoms with van der Waals surface area (Å²) >= 11 is 0. The molecule has 21 heavy (non-hydrogen) atoms. The SMILES string of the molecule is CCc1nnc(N2C[C@@H]3CCC[C@@]3(C(=O)O)C2)nc1CC. The molecule has 1 aliphatic heterocycles. The lowest BCUT2D eigenvalue weighted by Crippen LogP contribution is -2.36. The van der Waals surface area contributed by atoms with E-state index in [1.165, 1.54) is 0 Å². The van der Waals surface area contributed by atoms with Gasteiger partial charge in [0.15, 0.2) is 0 Å². The lowest BCUT2D eigenvalue weighted by atomic mass is 9.81. The van der Waals surface area contributed by atoms with Gasteiger partial charge >= 0.3 is 5.97 Å². The third-order valence-corrected chi connectivity index (χ3v) is 5.08. The molecule has 0 amide bonds. The van der Waals surface area contributed by atoms with Crippen molar-refractivity contribution in [3.63, 3.8) is 0 Å². The zero-order valence-corrected chi connectivity index (χ0v) is 12.7. The first-order valence-electron chi connectivity index (χ1n) is 7.81. The van der Waals surface area contributed by atoms with E-state index in [4.69, 9.17) is 0 Å². The molecule has 0 aromatic carbocycles. The second kappa shape index (κ2) is 5.24. The highest BCUT2D eigenvalue weighted by molar-refractivity contribution is 5.77. The molecule has 1 saturated carbocycles. The van der Waals surface area contributed by atoms with Gasteiger partial charge in [0.2, 0.25) is 5.95 Å². The van der Waals surface area contributed by atoms with Crippen LogP contribution in [0.15, 0.2) is 0 Å². The molecule has 2 fully saturated rings. The molecular weight excluding hydrogens is 268 g/mol. The van der Waals surface area contributed by atoms with Crippen molar-refractivity contribution in [3.05, 3.63) is 11.4 Å². The van der Waals surface area contributed by atoms with Gasteiger partial charge in [0.25, 0.3) is 0 Å². The molecule has 0 spiro atoms. The topological polar surface area (TPSA) is 79.2 Å². The number of carboxylic acid groups (broad SMARTS) is 1. The monoisotopic (exact) mass is 290 g/mol. The normalized spacial score (nSPS) is 27.9. The van der Waals surface area contributed by atoms with Crippen LogP contribution in [0.4, 0.5) is 5.95 Å². The third-order valence-electron chi connectivity index (χ3n) is 5.08. The van der Waals surface area contributed by atoms with E-state index < -0.39 is 11.4 Å². The first kappa shape index (κ1) is 14.2. The van der Waals surface area contributed by atoms with E-state index in [0.29, 0.717) is 12.5 Å². The van der Waals surface area contributed by atoms with Crippen molar-refractivity contribution in [2.45, 2.75) is 46.0 Å². The maximum atomic E-state index is 11.7. The molecule has 3 rings (SSSR count). The van der Waals surface area contributed by atoms with Crippen molar-refractivity contribution in [2.24, 2.45) is 11.3 Å². The lowest BCUT2D eigenvalue weighted by molar-refractivity contribution is -0.149. The molecule has 6 nitrogen and oxygen atoms in total. The molecule has 0 bridgehead atoms. The third kappa shape index (κ3) is 2.17. The molecule has 2 aliphatic rings. The van der Waals surface area contributed by atoms with Crippen LogP contribution in [0.1, 0.15) is 44.5 Å². The summed E-state index contributed by atoms with van der Waals surface area (Å²) < 4.78 is 0. The Bertz CT molecular complexity index is 563. The average molecular weight is 290 g/mol. The predicted molar refractivity (Wildman–Crippen MR) is 78.2 cm³/mol. The van der Waals surface area contributed by atoms with E-state index in [1.54, 1.807) is 0 Å². The first-order valence-corrected chi connectivity index (χ1v) is 7.81. The van der Waals surface area contributed by atoms with Gasteiger partial charge in [-0.05, 0) is 31.6 Å². The molecule has 1 N–H and O–H groups in total. The summed E-state index contributed by atoms with van der Waals surface area (Å²) in [6.45, 7) is 5.36. The Morgan fingerprint density at radius 1 is 1.33 bits per heavy atom. The highest BCUT2D eigenvalue weighted by Gasteiger charge is 2.55. The molecule has 2 atom stereocenters. The van der Waals surface area contributed by atoms with Crippen LogP contribution in [-0.2, 0) is 17.6 Å². The Labute approximate surface area is 124 Å². The molecule has 0 unspecified atom stereocenters. The second-order valence-electron chi connectivity index (χ2n) is 6.14. The molecule has 1 saturated heterocycles. The van der Waals surface area contributed by atoms with Crippen molar-refractivity contribution in [3.8, 4) is 0 Å². The van der Waals surface area contributed by atoms with Crippen LogP contribution in [0.5, 0.6) is 0 Å². The van der Waals surface area contributed by atoms with E-state index in [1.807, 2.05) is 11.8 Å². The fraction of sp³-hybridized carbons (Fsp3) is 0.733. The van der Waals surface area contributed by atoms with E-state index in [9.17, 15) is 9.90 Å². The van der Waals surface area contributed by atoms with Crippen molar-refractivity contribution < 1.29 is 9.90 Å². The molecule has 6 heteroatoms. The van der Waals surface area contributed by atoms with Crippen LogP contribution in [0.3, 0.4) is 0 Å². The number of aliphatic carboxylic acids is 1. The van der Waals surface area contributed by atoms with Crippen LogP contribution in [0.25, 0.3) is 0 Å². The van der Waals surface area contributed by atoms with Gasteiger partial charge in [-0.2, -0.15) is 5.10 Å². The van der Waals surface area contributed by atoms with Crippen molar-refractivity contribution in [1.29, 1.82) is 0 Å². The van der Waals surface area contributed by atoms with Crippen LogP contribution in [0, 0.1) is 11.3 Å². The van der Waals surface area contributed by atoms with Crippen LogP contribution in [0.2, 0.25) is 0 Å². The molecule has 1 aliphatic carbocycles. The zero-order chi connectivity index (χ0) is 15.0. The standard InChI is InChI=1S/C15H22N4O2/c1-3-11-12(4-2)17-18-14(16-11)19-8-10-6-5-7-15(10,9-19)13(20)21/h10H,3-9H2,1-2H3,(H,20,21)/t10-,15+/m0/s1. The molecule has 2 heterocycles. The molecule has 114 valence electrons. The highest BCUT2D eigenvalue weighted by atomic mass is 16.4. The van der Waals surface area contributed by atoms with Gasteiger partial charge in [-0.1, -0.05) is 20.3 Å². The maximum absolute atomic E-state index is 11.7. The molecule has 1 aromatic rings. The minimum absolute atomic E-state index is 0.217. The van der Waals surface area contributed by atoms with Crippen molar-refractivity contribution in [1.82, 2.24) is 15.2 Å². The second-order valence-corrected chi connectivity index (χ2v) is 6.14. The fourth-order valence-electron chi connectivity index (χ4n) is 3.85. The number of fused-ring (bicyclic) bond motifs is 1. The van der Waals surface area contributed by atoms with Gasteiger partial charge in [-0.25, -0.2) is 4.98 Å². The predicted octanol–water partition coefficient (Wildman–Crippen LogP) is 1.69. The van der Waals surface area contributed by atoms with Gasteiger partial charge in [0.1, 0.15) is 0 Å². The van der Waals surface area contributed by atoms with Crippen molar-refractivity contribution in [2.75, 3.05) is 18.0 Å². The van der Waals surface area contributed by atoms with Gasteiger partial charge < -0.3 is 10.0 Å². The smallest absolute Gasteiger partial charge is 0.311 e. The average Bonchev–Trinajstić information content (AvgIpc) is 3.04. The largest absolute Gasteiger partial charge is 0.481 e. The molecule has 0 radical (unpaired) electrons. The first-order chi connectivity index (χ1) is 10.1. The fourth-order valence-corrected chi connectivity index (χ4v) is 3.85. The number of anilines is 1. The number of hydrogen-bond donors (Lipinski definition) is 1. The minimum atomic E-state index is -0.665. The number of aryl methyl sites for hydroxylation is 2. The Balaban J connectivity index is 1.88. The quantitative estimate of drug-likeness (QED) is 0.909. The number of hydrogen-bond acceptors (Lipinski definition) is 5. The summed E-state index contributed by atoms with van der Waals surface area (Å²) in [7, 11) is 0. The highest BCUT2D eigenvalue weighted by Crippen LogP contribution is 2.49. The summed E-state index contributed by atoms with van der Waals surface area (Å²) in [5.41, 5.74) is 1.32. The number of aromatic nitrogens is 3. The lowest BCUT2D eigenvalue weighted by Gasteiger charge is -2.23. The van der Waals surface area contributed by atoms with E-state index in [-0.39, 0.29) is 5.92 Å². The Hall–Kier alpha value is -1.72. The van der Waals surface area contributed by atoms with Crippen LogP contribution in [-0.4, -0.2) is 39.3 Å². The number of carboxylic acids is 1. The van der Waals surface area contributed by atoms with Gasteiger partial charge in [0, 0.05) is 13.1 Å². The summed E-state index contributed by atoms with van der Waals surface area (Å²) in [4.78, 5) is 18.4. The maximum Gasteiger partial charge on any atom is 0.311 e. The summed E-state index contributed by atoms with van der Waals surface area (Å²) in [5, 5.41) is 18.1. The minimum Gasteiger partial charge on any atom is -0.481 e. The number of rotatable bonds is 4. The molecular formula is C15H22N4O2.